The Morgan fingerprint density at radius 2 is 2.07 bits per heavy atom. The second-order valence-electron chi connectivity index (χ2n) is 7.18. The van der Waals surface area contributed by atoms with Crippen molar-refractivity contribution in [1.82, 2.24) is 19.7 Å². The van der Waals surface area contributed by atoms with Gasteiger partial charge in [0.1, 0.15) is 5.82 Å². The Kier molecular flexibility index (Phi) is 4.23. The van der Waals surface area contributed by atoms with E-state index in [2.05, 4.69) is 20.5 Å². The molecule has 1 fully saturated rings. The summed E-state index contributed by atoms with van der Waals surface area (Å²) in [5.41, 5.74) is 2.70. The van der Waals surface area contributed by atoms with Gasteiger partial charge in [0.15, 0.2) is 11.4 Å². The van der Waals surface area contributed by atoms with Crippen LogP contribution in [0.1, 0.15) is 31.0 Å². The lowest BCUT2D eigenvalue weighted by Gasteiger charge is -2.07. The van der Waals surface area contributed by atoms with Crippen molar-refractivity contribution in [3.8, 4) is 11.4 Å². The van der Waals surface area contributed by atoms with Crippen molar-refractivity contribution in [2.24, 2.45) is 0 Å². The Morgan fingerprint density at radius 3 is 2.93 bits per heavy atom. The van der Waals surface area contributed by atoms with Crippen LogP contribution in [0.4, 0.5) is 5.69 Å². The Balaban J connectivity index is 1.27. The highest BCUT2D eigenvalue weighted by Gasteiger charge is 2.27. The molecule has 1 aliphatic rings. The molecule has 0 radical (unpaired) electrons. The quantitative estimate of drug-likeness (QED) is 0.526. The highest BCUT2D eigenvalue weighted by Crippen LogP contribution is 2.38. The normalized spacial score (nSPS) is 13.7. The summed E-state index contributed by atoms with van der Waals surface area (Å²) < 4.78 is 6.67. The number of oxazole rings is 1. The average molecular weight is 389 g/mol. The molecule has 0 atom stereocenters. The molecule has 0 unspecified atom stereocenters. The van der Waals surface area contributed by atoms with Gasteiger partial charge in [0.05, 0.1) is 5.52 Å². The van der Waals surface area contributed by atoms with E-state index in [1.165, 1.54) is 4.57 Å². The first kappa shape index (κ1) is 17.4. The lowest BCUT2D eigenvalue weighted by Crippen LogP contribution is -2.19. The molecule has 8 nitrogen and oxygen atoms in total. The standard InChI is InChI=1S/C21H19N5O3/c27-18(10-11-26-16-6-1-2-7-17(16)29-21(26)28)22-15-5-3-4-14(12-15)20-23-19(24-25-20)13-8-9-13/h1-7,12-13H,8-11H2,(H,22,27)(H,23,24,25). The summed E-state index contributed by atoms with van der Waals surface area (Å²) >= 11 is 0. The van der Waals surface area contributed by atoms with Crippen LogP contribution in [0, 0.1) is 0 Å². The van der Waals surface area contributed by atoms with E-state index in [9.17, 15) is 9.59 Å². The van der Waals surface area contributed by atoms with Crippen LogP contribution in [0.3, 0.4) is 0 Å². The van der Waals surface area contributed by atoms with E-state index in [1.54, 1.807) is 18.2 Å². The molecule has 0 bridgehead atoms. The van der Waals surface area contributed by atoms with Gasteiger partial charge in [-0.2, -0.15) is 5.10 Å². The number of H-pyrrole nitrogens is 1. The molecule has 29 heavy (non-hydrogen) atoms. The maximum absolute atomic E-state index is 12.4. The van der Waals surface area contributed by atoms with Gasteiger partial charge in [-0.05, 0) is 37.1 Å². The number of para-hydroxylation sites is 2. The number of nitrogens with one attached hydrogen (secondary N) is 2. The summed E-state index contributed by atoms with van der Waals surface area (Å²) in [6, 6.07) is 14.6. The maximum Gasteiger partial charge on any atom is 0.419 e. The summed E-state index contributed by atoms with van der Waals surface area (Å²) in [5, 5.41) is 10.1. The molecule has 4 aromatic rings. The predicted octanol–water partition coefficient (Wildman–Crippen LogP) is 3.29. The van der Waals surface area contributed by atoms with E-state index in [-0.39, 0.29) is 18.9 Å². The fraction of sp³-hybridized carbons (Fsp3) is 0.238. The molecular formula is C21H19N5O3. The lowest BCUT2D eigenvalue weighted by molar-refractivity contribution is -0.116. The van der Waals surface area contributed by atoms with Crippen LogP contribution in [0.5, 0.6) is 0 Å². The lowest BCUT2D eigenvalue weighted by atomic mass is 10.2. The van der Waals surface area contributed by atoms with Gasteiger partial charge < -0.3 is 9.73 Å². The van der Waals surface area contributed by atoms with Gasteiger partial charge >= 0.3 is 5.76 Å². The second-order valence-corrected chi connectivity index (χ2v) is 7.18. The molecule has 0 saturated heterocycles. The van der Waals surface area contributed by atoms with Crippen molar-refractivity contribution >= 4 is 22.7 Å². The number of hydrogen-bond donors (Lipinski definition) is 2. The number of anilines is 1. The molecule has 0 spiro atoms. The third-order valence-corrected chi connectivity index (χ3v) is 5.01. The first-order valence-corrected chi connectivity index (χ1v) is 9.58. The van der Waals surface area contributed by atoms with Gasteiger partial charge in [0, 0.05) is 30.1 Å². The number of carbonyl (C=O) groups is 1. The smallest absolute Gasteiger partial charge is 0.408 e. The SMILES string of the molecule is O=C(CCn1c(=O)oc2ccccc21)Nc1cccc(-c2n[nH]c(C3CC3)n2)c1. The molecular weight excluding hydrogens is 370 g/mol. The van der Waals surface area contributed by atoms with E-state index in [0.717, 1.165) is 24.2 Å². The average Bonchev–Trinajstić information content (AvgIpc) is 3.36. The number of carbonyl (C=O) groups excluding carboxylic acids is 1. The summed E-state index contributed by atoms with van der Waals surface area (Å²) in [4.78, 5) is 29.0. The number of aromatic amines is 1. The number of rotatable bonds is 6. The minimum absolute atomic E-state index is 0.153. The molecule has 5 rings (SSSR count). The van der Waals surface area contributed by atoms with Gasteiger partial charge in [0.2, 0.25) is 5.91 Å². The van der Waals surface area contributed by atoms with Gasteiger partial charge in [0.25, 0.3) is 0 Å². The Hall–Kier alpha value is -3.68. The Morgan fingerprint density at radius 1 is 1.21 bits per heavy atom. The molecule has 2 aromatic carbocycles. The minimum Gasteiger partial charge on any atom is -0.408 e. The first-order valence-electron chi connectivity index (χ1n) is 9.58. The maximum atomic E-state index is 12.4. The number of nitrogens with zero attached hydrogens (tertiary/aromatic N) is 3. The summed E-state index contributed by atoms with van der Waals surface area (Å²) in [6.07, 6.45) is 2.46. The van der Waals surface area contributed by atoms with E-state index in [1.807, 2.05) is 30.3 Å². The van der Waals surface area contributed by atoms with Gasteiger partial charge in [-0.3, -0.25) is 14.5 Å². The van der Waals surface area contributed by atoms with Crippen molar-refractivity contribution in [2.45, 2.75) is 31.7 Å². The summed E-state index contributed by atoms with van der Waals surface area (Å²) in [7, 11) is 0. The molecule has 146 valence electrons. The van der Waals surface area contributed by atoms with Crippen molar-refractivity contribution in [3.05, 3.63) is 64.9 Å². The highest BCUT2D eigenvalue weighted by atomic mass is 16.4. The zero-order valence-electron chi connectivity index (χ0n) is 15.6. The minimum atomic E-state index is -0.461. The van der Waals surface area contributed by atoms with Crippen LogP contribution in [0.2, 0.25) is 0 Å². The van der Waals surface area contributed by atoms with Crippen molar-refractivity contribution in [2.75, 3.05) is 5.32 Å². The fourth-order valence-electron chi connectivity index (χ4n) is 3.34. The third kappa shape index (κ3) is 3.56. The molecule has 8 heteroatoms. The summed E-state index contributed by atoms with van der Waals surface area (Å²) in [6.45, 7) is 0.243. The predicted molar refractivity (Wildman–Crippen MR) is 108 cm³/mol. The topological polar surface area (TPSA) is 106 Å². The zero-order chi connectivity index (χ0) is 19.8. The molecule has 1 aliphatic carbocycles. The van der Waals surface area contributed by atoms with Gasteiger partial charge in [-0.25, -0.2) is 9.78 Å². The Labute approximate surface area is 165 Å². The molecule has 1 amide bonds. The molecule has 2 aromatic heterocycles. The van der Waals surface area contributed by atoms with Crippen LogP contribution < -0.4 is 11.1 Å². The number of fused-ring (bicyclic) bond motifs is 1. The van der Waals surface area contributed by atoms with Crippen molar-refractivity contribution in [3.63, 3.8) is 0 Å². The van der Waals surface area contributed by atoms with E-state index >= 15 is 0 Å². The van der Waals surface area contributed by atoms with E-state index in [0.29, 0.717) is 28.5 Å². The fourth-order valence-corrected chi connectivity index (χ4v) is 3.34. The van der Waals surface area contributed by atoms with Crippen LogP contribution in [-0.4, -0.2) is 25.7 Å². The largest absolute Gasteiger partial charge is 0.419 e. The van der Waals surface area contributed by atoms with Crippen molar-refractivity contribution in [1.29, 1.82) is 0 Å². The Bertz CT molecular complexity index is 1250. The van der Waals surface area contributed by atoms with Gasteiger partial charge in [-0.1, -0.05) is 24.3 Å². The van der Waals surface area contributed by atoms with E-state index in [4.69, 9.17) is 4.42 Å². The van der Waals surface area contributed by atoms with Crippen LogP contribution in [0.25, 0.3) is 22.5 Å². The number of benzene rings is 2. The second kappa shape index (κ2) is 7.05. The number of aromatic nitrogens is 4. The summed E-state index contributed by atoms with van der Waals surface area (Å²) in [5.74, 6) is 1.40. The molecule has 2 N–H and O–H groups in total. The van der Waals surface area contributed by atoms with Crippen LogP contribution in [0.15, 0.2) is 57.7 Å². The zero-order valence-corrected chi connectivity index (χ0v) is 15.6. The van der Waals surface area contributed by atoms with Crippen LogP contribution in [-0.2, 0) is 11.3 Å². The molecule has 2 heterocycles. The van der Waals surface area contributed by atoms with Crippen molar-refractivity contribution < 1.29 is 9.21 Å². The third-order valence-electron chi connectivity index (χ3n) is 5.01. The highest BCUT2D eigenvalue weighted by molar-refractivity contribution is 5.91. The molecule has 0 aliphatic heterocycles. The molecule has 1 saturated carbocycles. The van der Waals surface area contributed by atoms with E-state index < -0.39 is 5.76 Å². The number of amides is 1. The van der Waals surface area contributed by atoms with Gasteiger partial charge in [-0.15, -0.1) is 0 Å². The van der Waals surface area contributed by atoms with Crippen LogP contribution >= 0.6 is 0 Å². The number of aryl methyl sites for hydroxylation is 1. The number of hydrogen-bond acceptors (Lipinski definition) is 5. The monoisotopic (exact) mass is 389 g/mol. The first-order chi connectivity index (χ1) is 14.2.